The lowest BCUT2D eigenvalue weighted by Gasteiger charge is -2.33. The minimum atomic E-state index is 0.648. The van der Waals surface area contributed by atoms with Crippen molar-refractivity contribution in [2.24, 2.45) is 0 Å². The Bertz CT molecular complexity index is 138. The third-order valence-electron chi connectivity index (χ3n) is 2.96. The van der Waals surface area contributed by atoms with E-state index in [1.807, 2.05) is 0 Å². The van der Waals surface area contributed by atoms with Gasteiger partial charge in [-0.2, -0.15) is 0 Å². The molecule has 1 aliphatic heterocycles. The van der Waals surface area contributed by atoms with E-state index < -0.39 is 0 Å². The standard InChI is InChI=1S/C10H23N3/c1-4-9(2)12-8-10-7-11-5-6-13(10)3/h9-12H,4-8H2,1-3H3. The van der Waals surface area contributed by atoms with Gasteiger partial charge in [-0.1, -0.05) is 6.92 Å². The van der Waals surface area contributed by atoms with Crippen LogP contribution in [0.2, 0.25) is 0 Å². The van der Waals surface area contributed by atoms with Crippen LogP contribution in [0.15, 0.2) is 0 Å². The molecule has 0 radical (unpaired) electrons. The highest BCUT2D eigenvalue weighted by molar-refractivity contribution is 4.79. The van der Waals surface area contributed by atoms with E-state index in [9.17, 15) is 0 Å². The first-order chi connectivity index (χ1) is 6.24. The quantitative estimate of drug-likeness (QED) is 0.659. The van der Waals surface area contributed by atoms with Crippen molar-refractivity contribution in [1.82, 2.24) is 15.5 Å². The van der Waals surface area contributed by atoms with Gasteiger partial charge in [0.2, 0.25) is 0 Å². The van der Waals surface area contributed by atoms with Crippen LogP contribution in [0.3, 0.4) is 0 Å². The Morgan fingerprint density at radius 2 is 2.38 bits per heavy atom. The first-order valence-corrected chi connectivity index (χ1v) is 5.38. The fraction of sp³-hybridized carbons (Fsp3) is 1.00. The molecule has 1 heterocycles. The Kier molecular flexibility index (Phi) is 4.70. The van der Waals surface area contributed by atoms with Crippen LogP contribution in [0.4, 0.5) is 0 Å². The summed E-state index contributed by atoms with van der Waals surface area (Å²) in [6.45, 7) is 9.01. The van der Waals surface area contributed by atoms with Gasteiger partial charge >= 0.3 is 0 Å². The molecule has 0 aromatic rings. The lowest BCUT2D eigenvalue weighted by molar-refractivity contribution is 0.192. The maximum absolute atomic E-state index is 3.55. The second-order valence-corrected chi connectivity index (χ2v) is 4.06. The molecule has 0 amide bonds. The van der Waals surface area contributed by atoms with Crippen molar-refractivity contribution in [1.29, 1.82) is 0 Å². The average molecular weight is 185 g/mol. The van der Waals surface area contributed by atoms with E-state index in [0.717, 1.165) is 19.6 Å². The van der Waals surface area contributed by atoms with Gasteiger partial charge in [-0.3, -0.25) is 4.90 Å². The molecule has 0 aromatic heterocycles. The zero-order chi connectivity index (χ0) is 9.68. The minimum Gasteiger partial charge on any atom is -0.314 e. The molecule has 2 atom stereocenters. The molecular formula is C10H23N3. The Morgan fingerprint density at radius 3 is 3.00 bits per heavy atom. The first kappa shape index (κ1) is 11.0. The summed E-state index contributed by atoms with van der Waals surface area (Å²) in [4.78, 5) is 2.44. The molecule has 2 unspecified atom stereocenters. The van der Waals surface area contributed by atoms with E-state index in [2.05, 4.69) is 36.4 Å². The monoisotopic (exact) mass is 185 g/mol. The van der Waals surface area contributed by atoms with Crippen molar-refractivity contribution in [3.63, 3.8) is 0 Å². The third kappa shape index (κ3) is 3.63. The first-order valence-electron chi connectivity index (χ1n) is 5.38. The Labute approximate surface area is 81.9 Å². The highest BCUT2D eigenvalue weighted by atomic mass is 15.2. The van der Waals surface area contributed by atoms with E-state index in [0.29, 0.717) is 12.1 Å². The predicted molar refractivity (Wildman–Crippen MR) is 57.0 cm³/mol. The minimum absolute atomic E-state index is 0.648. The van der Waals surface area contributed by atoms with Gasteiger partial charge in [-0.15, -0.1) is 0 Å². The van der Waals surface area contributed by atoms with Gasteiger partial charge in [0.15, 0.2) is 0 Å². The predicted octanol–water partition coefficient (Wildman–Crippen LogP) is 0.278. The van der Waals surface area contributed by atoms with Crippen molar-refractivity contribution in [3.05, 3.63) is 0 Å². The van der Waals surface area contributed by atoms with Crippen molar-refractivity contribution < 1.29 is 0 Å². The zero-order valence-corrected chi connectivity index (χ0v) is 9.14. The summed E-state index contributed by atoms with van der Waals surface area (Å²) in [5, 5.41) is 6.98. The third-order valence-corrected chi connectivity index (χ3v) is 2.96. The number of nitrogens with one attached hydrogen (secondary N) is 2. The van der Waals surface area contributed by atoms with Crippen LogP contribution in [-0.2, 0) is 0 Å². The van der Waals surface area contributed by atoms with Gasteiger partial charge in [-0.25, -0.2) is 0 Å². The number of piperazine rings is 1. The summed E-state index contributed by atoms with van der Waals surface area (Å²) in [5.41, 5.74) is 0. The van der Waals surface area contributed by atoms with Crippen LogP contribution in [0.5, 0.6) is 0 Å². The lowest BCUT2D eigenvalue weighted by atomic mass is 10.2. The maximum Gasteiger partial charge on any atom is 0.0342 e. The van der Waals surface area contributed by atoms with E-state index in [4.69, 9.17) is 0 Å². The summed E-state index contributed by atoms with van der Waals surface area (Å²) in [6, 6.07) is 1.32. The Hall–Kier alpha value is -0.120. The van der Waals surface area contributed by atoms with Gasteiger partial charge in [0, 0.05) is 38.3 Å². The van der Waals surface area contributed by atoms with Gasteiger partial charge in [0.25, 0.3) is 0 Å². The van der Waals surface area contributed by atoms with E-state index in [-0.39, 0.29) is 0 Å². The maximum atomic E-state index is 3.55. The number of nitrogens with zero attached hydrogens (tertiary/aromatic N) is 1. The SMILES string of the molecule is CCC(C)NCC1CNCCN1C. The molecule has 0 aliphatic carbocycles. The lowest BCUT2D eigenvalue weighted by Crippen LogP contribution is -2.54. The molecule has 1 rings (SSSR count). The van der Waals surface area contributed by atoms with Crippen molar-refractivity contribution in [2.45, 2.75) is 32.4 Å². The van der Waals surface area contributed by atoms with E-state index in [1.54, 1.807) is 0 Å². The van der Waals surface area contributed by atoms with E-state index in [1.165, 1.54) is 13.0 Å². The normalized spacial score (nSPS) is 27.5. The fourth-order valence-corrected chi connectivity index (χ4v) is 1.57. The highest BCUT2D eigenvalue weighted by Crippen LogP contribution is 1.99. The van der Waals surface area contributed by atoms with Crippen LogP contribution in [0, 0.1) is 0 Å². The molecule has 1 saturated heterocycles. The fourth-order valence-electron chi connectivity index (χ4n) is 1.57. The van der Waals surface area contributed by atoms with Crippen LogP contribution < -0.4 is 10.6 Å². The topological polar surface area (TPSA) is 27.3 Å². The molecular weight excluding hydrogens is 162 g/mol. The van der Waals surface area contributed by atoms with Crippen molar-refractivity contribution in [3.8, 4) is 0 Å². The summed E-state index contributed by atoms with van der Waals surface area (Å²) in [7, 11) is 2.21. The molecule has 0 spiro atoms. The van der Waals surface area contributed by atoms with Crippen LogP contribution in [0.25, 0.3) is 0 Å². The molecule has 3 heteroatoms. The number of likely N-dealkylation sites (N-methyl/N-ethyl adjacent to an activating group) is 1. The van der Waals surface area contributed by atoms with E-state index >= 15 is 0 Å². The van der Waals surface area contributed by atoms with Crippen molar-refractivity contribution >= 4 is 0 Å². The molecule has 1 fully saturated rings. The number of hydrogen-bond acceptors (Lipinski definition) is 3. The van der Waals surface area contributed by atoms with Gasteiger partial charge in [0.1, 0.15) is 0 Å². The molecule has 2 N–H and O–H groups in total. The van der Waals surface area contributed by atoms with Gasteiger partial charge in [0.05, 0.1) is 0 Å². The van der Waals surface area contributed by atoms with Crippen molar-refractivity contribution in [2.75, 3.05) is 33.2 Å². The van der Waals surface area contributed by atoms with Gasteiger partial charge in [-0.05, 0) is 20.4 Å². The summed E-state index contributed by atoms with van der Waals surface area (Å²) in [5.74, 6) is 0. The molecule has 3 nitrogen and oxygen atoms in total. The highest BCUT2D eigenvalue weighted by Gasteiger charge is 2.18. The van der Waals surface area contributed by atoms with Crippen LogP contribution in [-0.4, -0.2) is 50.2 Å². The zero-order valence-electron chi connectivity index (χ0n) is 9.14. The Balaban J connectivity index is 2.18. The Morgan fingerprint density at radius 1 is 1.62 bits per heavy atom. The summed E-state index contributed by atoms with van der Waals surface area (Å²) < 4.78 is 0. The average Bonchev–Trinajstić information content (AvgIpc) is 2.16. The molecule has 13 heavy (non-hydrogen) atoms. The number of hydrogen-bond donors (Lipinski definition) is 2. The smallest absolute Gasteiger partial charge is 0.0342 e. The van der Waals surface area contributed by atoms with Crippen LogP contribution >= 0.6 is 0 Å². The molecule has 0 bridgehead atoms. The second kappa shape index (κ2) is 5.58. The number of rotatable bonds is 4. The summed E-state index contributed by atoms with van der Waals surface area (Å²) in [6.07, 6.45) is 1.21. The summed E-state index contributed by atoms with van der Waals surface area (Å²) >= 11 is 0. The molecule has 0 saturated carbocycles. The molecule has 78 valence electrons. The molecule has 0 aromatic carbocycles. The molecule has 1 aliphatic rings. The second-order valence-electron chi connectivity index (χ2n) is 4.06. The van der Waals surface area contributed by atoms with Crippen LogP contribution in [0.1, 0.15) is 20.3 Å². The van der Waals surface area contributed by atoms with Gasteiger partial charge < -0.3 is 10.6 Å². The largest absolute Gasteiger partial charge is 0.314 e.